The quantitative estimate of drug-likeness (QED) is 0.456. The van der Waals surface area contributed by atoms with E-state index in [1.54, 1.807) is 0 Å². The number of aliphatic carboxylic acids is 2. The number of carboxylic acids is 2. The van der Waals surface area contributed by atoms with Gasteiger partial charge in [0.05, 0.1) is 6.42 Å². The van der Waals surface area contributed by atoms with E-state index in [4.69, 9.17) is 10.2 Å². The van der Waals surface area contributed by atoms with Gasteiger partial charge in [0.25, 0.3) is 0 Å². The van der Waals surface area contributed by atoms with E-state index in [1.165, 1.54) is 0 Å². The monoisotopic (exact) mass is 250 g/mol. The average Bonchev–Trinajstić information content (AvgIpc) is 1.63. The molecule has 0 unspecified atom stereocenters. The van der Waals surface area contributed by atoms with E-state index in [0.717, 1.165) is 0 Å². The summed E-state index contributed by atoms with van der Waals surface area (Å²) >= 11 is 0. The summed E-state index contributed by atoms with van der Waals surface area (Å²) in [6, 6.07) is 0. The normalized spacial score (nSPS) is 6.33. The van der Waals surface area contributed by atoms with Gasteiger partial charge in [-0.05, 0) is 0 Å². The van der Waals surface area contributed by atoms with E-state index in [0.29, 0.717) is 0 Å². The molecular weight excluding hydrogens is 241 g/mol. The minimum atomic E-state index is -1.27. The number of carbonyl (C=O) groups is 2. The topological polar surface area (TPSA) is 74.6 Å². The summed E-state index contributed by atoms with van der Waals surface area (Å²) in [4.78, 5) is 19.7. The Balaban J connectivity index is -0.000000107. The van der Waals surface area contributed by atoms with Gasteiger partial charge in [-0.2, -0.15) is 0 Å². The molecule has 2 N–H and O–H groups in total. The van der Waals surface area contributed by atoms with Crippen LogP contribution in [-0.2, 0) is 9.59 Å². The summed E-state index contributed by atoms with van der Waals surface area (Å²) in [5, 5.41) is 16.1. The molecule has 12 heavy (non-hydrogen) atoms. The first-order chi connectivity index (χ1) is 4.04. The van der Waals surface area contributed by atoms with Crippen LogP contribution in [0.1, 0.15) is 6.42 Å². The van der Waals surface area contributed by atoms with E-state index < -0.39 is 18.4 Å². The number of hydrogen-bond donors (Lipinski definition) is 2. The SMILES string of the molecule is C=C(CC(=O)O)C(=O)O.[KH].[KH].[KH]. The van der Waals surface area contributed by atoms with E-state index in [1.807, 2.05) is 0 Å². The zero-order valence-corrected chi connectivity index (χ0v) is 4.63. The Labute approximate surface area is 198 Å². The first-order valence-corrected chi connectivity index (χ1v) is 2.17. The van der Waals surface area contributed by atoms with Crippen LogP contribution in [0.5, 0.6) is 0 Å². The van der Waals surface area contributed by atoms with Crippen LogP contribution in [0.4, 0.5) is 0 Å². The Morgan fingerprint density at radius 1 is 1.08 bits per heavy atom. The fourth-order valence-electron chi connectivity index (χ4n) is 0.258. The predicted octanol–water partition coefficient (Wildman–Crippen LogP) is -1.84. The van der Waals surface area contributed by atoms with Gasteiger partial charge in [0, 0.05) is 5.57 Å². The van der Waals surface area contributed by atoms with Crippen molar-refractivity contribution in [2.24, 2.45) is 0 Å². The van der Waals surface area contributed by atoms with E-state index in [9.17, 15) is 9.59 Å². The molecule has 0 aromatic heterocycles. The van der Waals surface area contributed by atoms with Crippen LogP contribution in [-0.4, -0.2) is 176 Å². The van der Waals surface area contributed by atoms with Gasteiger partial charge in [-0.1, -0.05) is 6.58 Å². The molecule has 0 aliphatic heterocycles. The molecule has 56 valence electrons. The standard InChI is InChI=1S/C5H6O4.3K.3H/c1-3(5(8)9)2-4(6)7;;;;;;/h1-2H2,(H,6,7)(H,8,9);;;;;;. The van der Waals surface area contributed by atoms with Crippen molar-refractivity contribution in [3.05, 3.63) is 12.2 Å². The van der Waals surface area contributed by atoms with Gasteiger partial charge in [0.2, 0.25) is 0 Å². The fourth-order valence-corrected chi connectivity index (χ4v) is 0.258. The molecule has 0 saturated heterocycles. The molecule has 7 heteroatoms. The Kier molecular flexibility index (Phi) is 30.0. The van der Waals surface area contributed by atoms with Crippen molar-refractivity contribution < 1.29 is 19.8 Å². The van der Waals surface area contributed by atoms with Crippen LogP contribution in [0.2, 0.25) is 0 Å². The van der Waals surface area contributed by atoms with Crippen LogP contribution in [0.15, 0.2) is 12.2 Å². The second-order valence-corrected chi connectivity index (χ2v) is 1.48. The molecule has 0 atom stereocenters. The van der Waals surface area contributed by atoms with Gasteiger partial charge >= 0.3 is 166 Å². The zero-order chi connectivity index (χ0) is 7.44. The molecule has 0 amide bonds. The first-order valence-electron chi connectivity index (χ1n) is 2.17. The Morgan fingerprint density at radius 3 is 1.50 bits per heavy atom. The third-order valence-corrected chi connectivity index (χ3v) is 0.667. The second kappa shape index (κ2) is 14.6. The van der Waals surface area contributed by atoms with Crippen molar-refractivity contribution >= 4 is 166 Å². The molecule has 0 aromatic rings. The first kappa shape index (κ1) is 24.7. The predicted molar refractivity (Wildman–Crippen MR) is 50.5 cm³/mol. The van der Waals surface area contributed by atoms with Gasteiger partial charge < -0.3 is 10.2 Å². The minimum absolute atomic E-state index is 0. The molecule has 0 fully saturated rings. The molecule has 0 heterocycles. The third kappa shape index (κ3) is 16.0. The van der Waals surface area contributed by atoms with Crippen molar-refractivity contribution in [1.29, 1.82) is 0 Å². The summed E-state index contributed by atoms with van der Waals surface area (Å²) < 4.78 is 0. The molecule has 0 bridgehead atoms. The number of hydrogen-bond acceptors (Lipinski definition) is 2. The van der Waals surface area contributed by atoms with E-state index in [2.05, 4.69) is 6.58 Å². The maximum atomic E-state index is 9.87. The summed E-state index contributed by atoms with van der Waals surface area (Å²) in [6.45, 7) is 3.01. The second-order valence-electron chi connectivity index (χ2n) is 1.48. The molecule has 4 nitrogen and oxygen atoms in total. The van der Waals surface area contributed by atoms with Crippen molar-refractivity contribution in [3.8, 4) is 0 Å². The number of carboxylic acid groups (broad SMARTS) is 2. The summed E-state index contributed by atoms with van der Waals surface area (Å²) in [5.74, 6) is -2.44. The van der Waals surface area contributed by atoms with Crippen molar-refractivity contribution in [2.45, 2.75) is 6.42 Å². The Bertz CT molecular complexity index is 168. The van der Waals surface area contributed by atoms with Crippen LogP contribution in [0.25, 0.3) is 0 Å². The Morgan fingerprint density at radius 2 is 1.42 bits per heavy atom. The zero-order valence-electron chi connectivity index (χ0n) is 4.63. The molecule has 0 spiro atoms. The molecule has 0 rings (SSSR count). The number of rotatable bonds is 3. The van der Waals surface area contributed by atoms with Gasteiger partial charge in [-0.15, -0.1) is 0 Å². The van der Waals surface area contributed by atoms with Crippen molar-refractivity contribution in [1.82, 2.24) is 0 Å². The fraction of sp³-hybridized carbons (Fsp3) is 0.200. The Hall–Kier alpha value is 3.59. The van der Waals surface area contributed by atoms with Crippen LogP contribution >= 0.6 is 0 Å². The maximum absolute atomic E-state index is 9.87. The van der Waals surface area contributed by atoms with Gasteiger partial charge in [0.1, 0.15) is 0 Å². The summed E-state index contributed by atoms with van der Waals surface area (Å²) in [5.41, 5.74) is -0.303. The third-order valence-electron chi connectivity index (χ3n) is 0.667. The molecule has 0 aromatic carbocycles. The van der Waals surface area contributed by atoms with Crippen LogP contribution < -0.4 is 0 Å². The van der Waals surface area contributed by atoms with Crippen LogP contribution in [0, 0.1) is 0 Å². The summed E-state index contributed by atoms with van der Waals surface area (Å²) in [7, 11) is 0. The molecule has 0 aliphatic carbocycles. The van der Waals surface area contributed by atoms with Gasteiger partial charge in [-0.25, -0.2) is 4.79 Å². The summed E-state index contributed by atoms with van der Waals surface area (Å²) in [6.07, 6.45) is -0.505. The van der Waals surface area contributed by atoms with E-state index >= 15 is 0 Å². The van der Waals surface area contributed by atoms with Crippen LogP contribution in [0.3, 0.4) is 0 Å². The van der Waals surface area contributed by atoms with Crippen molar-refractivity contribution in [3.63, 3.8) is 0 Å². The average molecular weight is 250 g/mol. The van der Waals surface area contributed by atoms with E-state index in [-0.39, 0.29) is 160 Å². The van der Waals surface area contributed by atoms with Gasteiger partial charge in [0.15, 0.2) is 0 Å². The molecule has 0 radical (unpaired) electrons. The van der Waals surface area contributed by atoms with Gasteiger partial charge in [-0.3, -0.25) is 4.79 Å². The molecular formula is C5H9K3O4. The van der Waals surface area contributed by atoms with Crippen molar-refractivity contribution in [2.75, 3.05) is 0 Å². The molecule has 0 saturated carbocycles. The molecule has 0 aliphatic rings.